The molecule has 0 radical (unpaired) electrons. The number of rotatable bonds is 6. The smallest absolute Gasteiger partial charge is 0.156 e. The zero-order chi connectivity index (χ0) is 13.7. The summed E-state index contributed by atoms with van der Waals surface area (Å²) in [5.41, 5.74) is 1.89. The highest BCUT2D eigenvalue weighted by atomic mass is 16.5. The van der Waals surface area contributed by atoms with Crippen LogP contribution >= 0.6 is 0 Å². The van der Waals surface area contributed by atoms with Crippen LogP contribution in [0.2, 0.25) is 0 Å². The molecule has 0 N–H and O–H groups in total. The SMILES string of the molecule is COCCN(CCC#N)c1nccc2c1ncn2C. The van der Waals surface area contributed by atoms with E-state index < -0.39 is 0 Å². The first-order valence-corrected chi connectivity index (χ1v) is 6.14. The number of fused-ring (bicyclic) bond motifs is 1. The number of ether oxygens (including phenoxy) is 1. The van der Waals surface area contributed by atoms with Crippen LogP contribution in [0.3, 0.4) is 0 Å². The third-order valence-corrected chi connectivity index (χ3v) is 2.98. The number of methoxy groups -OCH3 is 1. The Labute approximate surface area is 112 Å². The van der Waals surface area contributed by atoms with Crippen molar-refractivity contribution in [3.05, 3.63) is 18.6 Å². The van der Waals surface area contributed by atoms with Gasteiger partial charge in [-0.25, -0.2) is 9.97 Å². The van der Waals surface area contributed by atoms with Crippen LogP contribution < -0.4 is 4.90 Å². The molecular formula is C13H17N5O. The molecule has 0 bridgehead atoms. The number of hydrogen-bond acceptors (Lipinski definition) is 5. The minimum absolute atomic E-state index is 0.453. The van der Waals surface area contributed by atoms with Crippen LogP contribution in [0.15, 0.2) is 18.6 Å². The number of hydrogen-bond donors (Lipinski definition) is 0. The normalized spacial score (nSPS) is 10.6. The van der Waals surface area contributed by atoms with Gasteiger partial charge in [-0.1, -0.05) is 0 Å². The average molecular weight is 259 g/mol. The lowest BCUT2D eigenvalue weighted by Crippen LogP contribution is -2.29. The van der Waals surface area contributed by atoms with Gasteiger partial charge in [-0.3, -0.25) is 0 Å². The molecule has 0 aliphatic carbocycles. The fraction of sp³-hybridized carbons (Fsp3) is 0.462. The number of pyridine rings is 1. The number of aryl methyl sites for hydroxylation is 1. The van der Waals surface area contributed by atoms with Crippen LogP contribution in [0, 0.1) is 11.3 Å². The van der Waals surface area contributed by atoms with Crippen molar-refractivity contribution >= 4 is 16.9 Å². The van der Waals surface area contributed by atoms with Crippen LogP contribution in [0.4, 0.5) is 5.82 Å². The number of imidazole rings is 1. The average Bonchev–Trinajstić information content (AvgIpc) is 2.81. The van der Waals surface area contributed by atoms with Gasteiger partial charge in [0.05, 0.1) is 30.9 Å². The third kappa shape index (κ3) is 2.83. The Hall–Kier alpha value is -2.13. The van der Waals surface area contributed by atoms with Crippen molar-refractivity contribution in [2.24, 2.45) is 7.05 Å². The molecule has 2 aromatic rings. The molecule has 6 nitrogen and oxygen atoms in total. The molecule has 0 saturated heterocycles. The molecule has 2 heterocycles. The summed E-state index contributed by atoms with van der Waals surface area (Å²) in [7, 11) is 3.62. The van der Waals surface area contributed by atoms with Crippen molar-refractivity contribution < 1.29 is 4.74 Å². The van der Waals surface area contributed by atoms with Gasteiger partial charge in [0.2, 0.25) is 0 Å². The maximum Gasteiger partial charge on any atom is 0.156 e. The highest BCUT2D eigenvalue weighted by molar-refractivity contribution is 5.86. The topological polar surface area (TPSA) is 67.0 Å². The van der Waals surface area contributed by atoms with Gasteiger partial charge in [-0.15, -0.1) is 0 Å². The van der Waals surface area contributed by atoms with E-state index in [4.69, 9.17) is 10.00 Å². The molecule has 0 fully saturated rings. The van der Waals surface area contributed by atoms with E-state index in [1.54, 1.807) is 19.6 Å². The fourth-order valence-electron chi connectivity index (χ4n) is 1.99. The number of anilines is 1. The minimum atomic E-state index is 0.453. The molecule has 0 unspecified atom stereocenters. The lowest BCUT2D eigenvalue weighted by atomic mass is 10.3. The molecule has 0 saturated carbocycles. The maximum atomic E-state index is 8.76. The highest BCUT2D eigenvalue weighted by Crippen LogP contribution is 2.22. The molecule has 19 heavy (non-hydrogen) atoms. The Morgan fingerprint density at radius 1 is 1.42 bits per heavy atom. The number of nitrogens with zero attached hydrogens (tertiary/aromatic N) is 5. The number of aromatic nitrogens is 3. The van der Waals surface area contributed by atoms with Crippen molar-refractivity contribution in [1.82, 2.24) is 14.5 Å². The van der Waals surface area contributed by atoms with Crippen molar-refractivity contribution in [3.63, 3.8) is 0 Å². The molecular weight excluding hydrogens is 242 g/mol. The predicted octanol–water partition coefficient (Wildman–Crippen LogP) is 1.33. The molecule has 100 valence electrons. The molecule has 0 amide bonds. The van der Waals surface area contributed by atoms with E-state index in [1.807, 2.05) is 22.6 Å². The summed E-state index contributed by atoms with van der Waals surface area (Å²) in [6.07, 6.45) is 3.99. The van der Waals surface area contributed by atoms with Crippen LogP contribution in [0.5, 0.6) is 0 Å². The second-order valence-corrected chi connectivity index (χ2v) is 4.25. The summed E-state index contributed by atoms with van der Waals surface area (Å²) in [5, 5.41) is 8.76. The Morgan fingerprint density at radius 2 is 2.26 bits per heavy atom. The number of nitriles is 1. The predicted molar refractivity (Wildman–Crippen MR) is 72.8 cm³/mol. The highest BCUT2D eigenvalue weighted by Gasteiger charge is 2.13. The largest absolute Gasteiger partial charge is 0.383 e. The Bertz CT molecular complexity index is 586. The van der Waals surface area contributed by atoms with E-state index in [1.165, 1.54) is 0 Å². The fourth-order valence-corrected chi connectivity index (χ4v) is 1.99. The lowest BCUT2D eigenvalue weighted by molar-refractivity contribution is 0.205. The van der Waals surface area contributed by atoms with Gasteiger partial charge < -0.3 is 14.2 Å². The second kappa shape index (κ2) is 6.16. The summed E-state index contributed by atoms with van der Waals surface area (Å²) in [5.74, 6) is 0.811. The van der Waals surface area contributed by atoms with E-state index in [9.17, 15) is 0 Å². The Kier molecular flexibility index (Phi) is 4.31. The van der Waals surface area contributed by atoms with E-state index in [0.717, 1.165) is 16.9 Å². The van der Waals surface area contributed by atoms with Crippen molar-refractivity contribution in [1.29, 1.82) is 5.26 Å². The first-order chi connectivity index (χ1) is 9.27. The standard InChI is InChI=1S/C13H17N5O/c1-17-10-16-12-11(17)4-6-15-13(12)18(7-3-5-14)8-9-19-2/h4,6,10H,3,7-9H2,1-2H3. The third-order valence-electron chi connectivity index (χ3n) is 2.98. The first-order valence-electron chi connectivity index (χ1n) is 6.14. The van der Waals surface area contributed by atoms with Gasteiger partial charge in [0, 0.05) is 33.4 Å². The minimum Gasteiger partial charge on any atom is -0.383 e. The molecule has 6 heteroatoms. The monoisotopic (exact) mass is 259 g/mol. The van der Waals surface area contributed by atoms with Crippen molar-refractivity contribution in [2.45, 2.75) is 6.42 Å². The zero-order valence-corrected chi connectivity index (χ0v) is 11.2. The van der Waals surface area contributed by atoms with Crippen LogP contribution in [-0.4, -0.2) is 41.3 Å². The summed E-state index contributed by atoms with van der Waals surface area (Å²) < 4.78 is 7.07. The Morgan fingerprint density at radius 3 is 3.00 bits per heavy atom. The summed E-state index contributed by atoms with van der Waals surface area (Å²) >= 11 is 0. The van der Waals surface area contributed by atoms with Gasteiger partial charge >= 0.3 is 0 Å². The van der Waals surface area contributed by atoms with Gasteiger partial charge in [0.1, 0.15) is 5.52 Å². The van der Waals surface area contributed by atoms with Gasteiger partial charge in [-0.05, 0) is 6.07 Å². The van der Waals surface area contributed by atoms with Crippen LogP contribution in [-0.2, 0) is 11.8 Å². The van der Waals surface area contributed by atoms with E-state index in [2.05, 4.69) is 16.0 Å². The van der Waals surface area contributed by atoms with Gasteiger partial charge in [-0.2, -0.15) is 5.26 Å². The molecule has 0 aromatic carbocycles. The molecule has 0 spiro atoms. The van der Waals surface area contributed by atoms with E-state index in [0.29, 0.717) is 26.1 Å². The molecule has 0 atom stereocenters. The molecule has 2 aromatic heterocycles. The Balaban J connectivity index is 2.34. The summed E-state index contributed by atoms with van der Waals surface area (Å²) in [4.78, 5) is 10.8. The molecule has 0 aliphatic heterocycles. The van der Waals surface area contributed by atoms with Crippen LogP contribution in [0.25, 0.3) is 11.0 Å². The van der Waals surface area contributed by atoms with Gasteiger partial charge in [0.15, 0.2) is 5.82 Å². The van der Waals surface area contributed by atoms with E-state index in [-0.39, 0.29) is 0 Å². The summed E-state index contributed by atoms with van der Waals surface area (Å²) in [6.45, 7) is 1.92. The van der Waals surface area contributed by atoms with E-state index >= 15 is 0 Å². The lowest BCUT2D eigenvalue weighted by Gasteiger charge is -2.22. The second-order valence-electron chi connectivity index (χ2n) is 4.25. The molecule has 2 rings (SSSR count). The maximum absolute atomic E-state index is 8.76. The van der Waals surface area contributed by atoms with Crippen molar-refractivity contribution in [2.75, 3.05) is 31.7 Å². The van der Waals surface area contributed by atoms with Gasteiger partial charge in [0.25, 0.3) is 0 Å². The zero-order valence-electron chi connectivity index (χ0n) is 11.2. The summed E-state index contributed by atoms with van der Waals surface area (Å²) in [6, 6.07) is 4.10. The quantitative estimate of drug-likeness (QED) is 0.783. The van der Waals surface area contributed by atoms with Crippen molar-refractivity contribution in [3.8, 4) is 6.07 Å². The van der Waals surface area contributed by atoms with Crippen LogP contribution in [0.1, 0.15) is 6.42 Å². The molecule has 0 aliphatic rings. The first kappa shape index (κ1) is 13.3.